The van der Waals surface area contributed by atoms with Gasteiger partial charge < -0.3 is 4.90 Å². The zero-order chi connectivity index (χ0) is 48.9. The molecule has 348 valence electrons. The zero-order valence-electron chi connectivity index (χ0n) is 42.3. The van der Waals surface area contributed by atoms with E-state index in [0.717, 1.165) is 24.9 Å². The molecule has 0 N–H and O–H groups in total. The Hall–Kier alpha value is -6.87. The highest BCUT2D eigenvalue weighted by Crippen LogP contribution is 2.57. The van der Waals surface area contributed by atoms with Crippen molar-refractivity contribution < 1.29 is 0 Å². The van der Waals surface area contributed by atoms with E-state index >= 15 is 0 Å². The zero-order valence-corrected chi connectivity index (χ0v) is 43.1. The minimum absolute atomic E-state index is 0.0723. The van der Waals surface area contributed by atoms with Crippen molar-refractivity contribution in [2.24, 2.45) is 0 Å². The summed E-state index contributed by atoms with van der Waals surface area (Å²) in [6.45, 7) is 23.4. The summed E-state index contributed by atoms with van der Waals surface area (Å²) < 4.78 is 0. The van der Waals surface area contributed by atoms with Crippen LogP contribution < -0.4 is 4.90 Å². The summed E-state index contributed by atoms with van der Waals surface area (Å²) in [6, 6.07) is 70.4. The summed E-state index contributed by atoms with van der Waals surface area (Å²) in [5, 5.41) is 2.49. The van der Waals surface area contributed by atoms with Crippen molar-refractivity contribution in [1.82, 2.24) is 0 Å². The maximum atomic E-state index is 4.50. The molecule has 11 rings (SSSR count). The summed E-state index contributed by atoms with van der Waals surface area (Å²) in [5.41, 5.74) is 19.3. The molecule has 8 aromatic carbocycles. The Labute approximate surface area is 418 Å². The number of aryl methyl sites for hydroxylation is 1. The number of hydrogen-bond acceptors (Lipinski definition) is 2. The molecule has 0 aromatic heterocycles. The third kappa shape index (κ3) is 10.7. The minimum Gasteiger partial charge on any atom is -0.313 e. The predicted molar refractivity (Wildman–Crippen MR) is 306 cm³/mol. The SMILES string of the molecule is C=C1CCC2=C(Sc3ccccc31)c1ccc(-c3ccc(N(C4=CC=C(c5ccccc5)C4)c4ccc(-c5ccccc5)cc4)c4ccccc34)cc1C2(C)C.CC.CC.CC.Cc1ccccc1. The van der Waals surface area contributed by atoms with Crippen molar-refractivity contribution in [2.45, 2.75) is 91.9 Å². The third-order valence-corrected chi connectivity index (χ3v) is 14.3. The number of nitrogens with zero attached hydrogens (tertiary/aromatic N) is 1. The second kappa shape index (κ2) is 23.4. The summed E-state index contributed by atoms with van der Waals surface area (Å²) in [4.78, 5) is 5.21. The van der Waals surface area contributed by atoms with E-state index in [1.807, 2.05) is 71.5 Å². The first-order valence-corrected chi connectivity index (χ1v) is 25.9. The molecular formula is C67H69NS. The summed E-state index contributed by atoms with van der Waals surface area (Å²) >= 11 is 1.93. The van der Waals surface area contributed by atoms with Crippen LogP contribution in [0.3, 0.4) is 0 Å². The highest BCUT2D eigenvalue weighted by Gasteiger charge is 2.39. The van der Waals surface area contributed by atoms with Gasteiger partial charge in [-0.15, -0.1) is 0 Å². The van der Waals surface area contributed by atoms with E-state index in [1.54, 1.807) is 0 Å². The van der Waals surface area contributed by atoms with Gasteiger partial charge in [-0.2, -0.15) is 0 Å². The van der Waals surface area contributed by atoms with Crippen LogP contribution in [-0.4, -0.2) is 0 Å². The fraction of sp³-hybridized carbons (Fsp3) is 0.194. The minimum atomic E-state index is -0.0723. The average molecular weight is 920 g/mol. The first-order valence-electron chi connectivity index (χ1n) is 25.1. The van der Waals surface area contributed by atoms with Gasteiger partial charge in [-0.25, -0.2) is 0 Å². The standard InChI is InChI=1S/C54H43NS.C7H8.3C2H6/c1-36-22-32-49-53(56-52-21-13-12-18-44(36)52)48-30-26-41(35-50(48)54(49,2)3)45-31-33-51(47-20-11-10-19-46(45)47)55(43-29-25-40(34-43)38-16-8-5-9-17-38)42-27-23-39(24-28-42)37-14-6-4-7-15-37;1-7-5-3-2-4-6-7;3*1-2/h4-21,23-31,33,35H,1,22,32,34H2,2-3H3;2-6H,1H3;3*1-2H3. The molecule has 0 saturated carbocycles. The number of hydrogen-bond donors (Lipinski definition) is 0. The summed E-state index contributed by atoms with van der Waals surface area (Å²) in [6.07, 6.45) is 7.47. The van der Waals surface area contributed by atoms with Crippen LogP contribution in [0.4, 0.5) is 11.4 Å². The van der Waals surface area contributed by atoms with Crippen LogP contribution >= 0.6 is 11.8 Å². The molecule has 0 bridgehead atoms. The van der Waals surface area contributed by atoms with Gasteiger partial charge in [0.15, 0.2) is 0 Å². The third-order valence-electron chi connectivity index (χ3n) is 13.0. The summed E-state index contributed by atoms with van der Waals surface area (Å²) in [7, 11) is 0. The fourth-order valence-electron chi connectivity index (χ4n) is 9.62. The molecule has 0 amide bonds. The molecule has 69 heavy (non-hydrogen) atoms. The van der Waals surface area contributed by atoms with Crippen LogP contribution in [0.25, 0.3) is 49.1 Å². The second-order valence-corrected chi connectivity index (χ2v) is 18.4. The van der Waals surface area contributed by atoms with Gasteiger partial charge in [-0.1, -0.05) is 249 Å². The van der Waals surface area contributed by atoms with Gasteiger partial charge in [-0.3, -0.25) is 0 Å². The quantitative estimate of drug-likeness (QED) is 0.163. The largest absolute Gasteiger partial charge is 0.313 e. The molecule has 0 radical (unpaired) electrons. The molecule has 1 heterocycles. The number of benzene rings is 8. The topological polar surface area (TPSA) is 3.24 Å². The molecule has 1 aliphatic heterocycles. The Morgan fingerprint density at radius 1 is 0.493 bits per heavy atom. The smallest absolute Gasteiger partial charge is 0.0537 e. The predicted octanol–water partition coefficient (Wildman–Crippen LogP) is 20.4. The Balaban J connectivity index is 0.000000484. The van der Waals surface area contributed by atoms with Gasteiger partial charge in [-0.05, 0) is 123 Å². The second-order valence-electron chi connectivity index (χ2n) is 17.4. The van der Waals surface area contributed by atoms with Gasteiger partial charge in [0.2, 0.25) is 0 Å². The summed E-state index contributed by atoms with van der Waals surface area (Å²) in [5.74, 6) is 0. The van der Waals surface area contributed by atoms with Gasteiger partial charge in [0.1, 0.15) is 0 Å². The molecule has 0 saturated heterocycles. The molecule has 2 aliphatic carbocycles. The monoisotopic (exact) mass is 920 g/mol. The lowest BCUT2D eigenvalue weighted by molar-refractivity contribution is 0.611. The molecular weight excluding hydrogens is 851 g/mol. The molecule has 2 heteroatoms. The Morgan fingerprint density at radius 2 is 1.04 bits per heavy atom. The number of fused-ring (bicyclic) bond motifs is 4. The van der Waals surface area contributed by atoms with Crippen LogP contribution in [0.15, 0.2) is 229 Å². The van der Waals surface area contributed by atoms with Gasteiger partial charge in [0.05, 0.1) is 5.69 Å². The lowest BCUT2D eigenvalue weighted by Gasteiger charge is -2.29. The molecule has 0 atom stereocenters. The van der Waals surface area contributed by atoms with Crippen molar-refractivity contribution >= 4 is 50.0 Å². The van der Waals surface area contributed by atoms with Crippen LogP contribution in [0, 0.1) is 6.92 Å². The number of allylic oxidation sites excluding steroid dienone is 5. The lowest BCUT2D eigenvalue weighted by Crippen LogP contribution is -2.18. The van der Waals surface area contributed by atoms with E-state index in [1.165, 1.54) is 98.7 Å². The van der Waals surface area contributed by atoms with Gasteiger partial charge in [0.25, 0.3) is 0 Å². The Kier molecular flexibility index (Phi) is 17.0. The maximum Gasteiger partial charge on any atom is 0.0537 e. The molecule has 8 aromatic rings. The average Bonchev–Trinajstić information content (AvgIpc) is 3.98. The van der Waals surface area contributed by atoms with Crippen molar-refractivity contribution in [3.63, 3.8) is 0 Å². The number of anilines is 2. The van der Waals surface area contributed by atoms with Crippen molar-refractivity contribution in [3.8, 4) is 22.3 Å². The van der Waals surface area contributed by atoms with Crippen molar-refractivity contribution in [3.05, 3.63) is 252 Å². The van der Waals surface area contributed by atoms with E-state index < -0.39 is 0 Å². The first-order chi connectivity index (χ1) is 33.8. The Bertz CT molecular complexity index is 3080. The van der Waals surface area contributed by atoms with Crippen LogP contribution in [-0.2, 0) is 5.41 Å². The molecule has 1 nitrogen and oxygen atoms in total. The highest BCUT2D eigenvalue weighted by molar-refractivity contribution is 8.08. The van der Waals surface area contributed by atoms with Crippen LogP contribution in [0.5, 0.6) is 0 Å². The number of rotatable bonds is 6. The molecule has 3 aliphatic rings. The van der Waals surface area contributed by atoms with Crippen LogP contribution in [0.1, 0.15) is 102 Å². The van der Waals surface area contributed by atoms with E-state index in [0.29, 0.717) is 0 Å². The first kappa shape index (κ1) is 50.0. The van der Waals surface area contributed by atoms with E-state index in [2.05, 4.69) is 220 Å². The van der Waals surface area contributed by atoms with Gasteiger partial charge in [0, 0.05) is 38.4 Å². The fourth-order valence-corrected chi connectivity index (χ4v) is 11.1. The van der Waals surface area contributed by atoms with E-state index in [9.17, 15) is 0 Å². The molecule has 0 spiro atoms. The van der Waals surface area contributed by atoms with Crippen molar-refractivity contribution in [2.75, 3.05) is 4.90 Å². The number of thioether (sulfide) groups is 1. The Morgan fingerprint density at radius 3 is 1.70 bits per heavy atom. The van der Waals surface area contributed by atoms with Crippen molar-refractivity contribution in [1.29, 1.82) is 0 Å². The lowest BCUT2D eigenvalue weighted by atomic mass is 9.78. The molecule has 0 fully saturated rings. The highest BCUT2D eigenvalue weighted by atomic mass is 32.2. The normalized spacial score (nSPS) is 13.9. The van der Waals surface area contributed by atoms with Crippen LogP contribution in [0.2, 0.25) is 0 Å². The maximum absolute atomic E-state index is 4.50. The van der Waals surface area contributed by atoms with E-state index in [-0.39, 0.29) is 5.41 Å². The molecule has 0 unspecified atom stereocenters. The van der Waals surface area contributed by atoms with E-state index in [4.69, 9.17) is 0 Å². The van der Waals surface area contributed by atoms with Gasteiger partial charge >= 0.3 is 0 Å².